The molecule has 1 N–H and O–H groups in total. The Morgan fingerprint density at radius 1 is 1.31 bits per heavy atom. The zero-order chi connectivity index (χ0) is 19.7. The van der Waals surface area contributed by atoms with Crippen molar-refractivity contribution in [3.8, 4) is 0 Å². The molecule has 2 rings (SSSR count). The molecular formula is C14H16F3N3O5S. The van der Waals surface area contributed by atoms with Crippen LogP contribution >= 0.6 is 0 Å². The lowest BCUT2D eigenvalue weighted by molar-refractivity contribution is -0.384. The van der Waals surface area contributed by atoms with Gasteiger partial charge >= 0.3 is 5.51 Å². The molecule has 1 fully saturated rings. The molecule has 0 radical (unpaired) electrons. The number of piperidine rings is 1. The highest BCUT2D eigenvalue weighted by molar-refractivity contribution is 7.92. The lowest BCUT2D eigenvalue weighted by atomic mass is 10.0. The van der Waals surface area contributed by atoms with Crippen LogP contribution in [0.5, 0.6) is 0 Å². The minimum Gasteiger partial charge on any atom is -0.366 e. The van der Waals surface area contributed by atoms with Gasteiger partial charge in [0, 0.05) is 32.1 Å². The number of hydrogen-bond donors (Lipinski definition) is 1. The molecule has 1 saturated heterocycles. The van der Waals surface area contributed by atoms with Crippen LogP contribution in [-0.4, -0.2) is 43.9 Å². The number of nitrogens with zero attached hydrogens (tertiary/aromatic N) is 2. The van der Waals surface area contributed by atoms with Gasteiger partial charge in [0.1, 0.15) is 5.69 Å². The van der Waals surface area contributed by atoms with Crippen LogP contribution < -0.4 is 10.2 Å². The summed E-state index contributed by atoms with van der Waals surface area (Å²) in [6.07, 6.45) is 0.999. The smallest absolute Gasteiger partial charge is 0.366 e. The largest absolute Gasteiger partial charge is 0.501 e. The van der Waals surface area contributed by atoms with Crippen LogP contribution in [0.4, 0.5) is 24.5 Å². The Kier molecular flexibility index (Phi) is 5.44. The van der Waals surface area contributed by atoms with Crippen molar-refractivity contribution in [1.29, 1.82) is 0 Å². The molecule has 1 aliphatic rings. The van der Waals surface area contributed by atoms with Gasteiger partial charge in [-0.1, -0.05) is 0 Å². The molecule has 0 bridgehead atoms. The number of nitro groups is 1. The van der Waals surface area contributed by atoms with Crippen molar-refractivity contribution >= 4 is 27.1 Å². The molecule has 1 aromatic carbocycles. The van der Waals surface area contributed by atoms with Crippen molar-refractivity contribution in [2.24, 2.45) is 0 Å². The molecule has 0 spiro atoms. The fourth-order valence-electron chi connectivity index (χ4n) is 2.77. The number of nitro benzene ring substituents is 1. The third-order valence-corrected chi connectivity index (χ3v) is 5.49. The molecule has 0 aromatic heterocycles. The molecule has 0 aliphatic carbocycles. The number of anilines is 1. The van der Waals surface area contributed by atoms with E-state index < -0.39 is 30.9 Å². The number of amides is 1. The Morgan fingerprint density at radius 2 is 1.88 bits per heavy atom. The maximum Gasteiger partial charge on any atom is 0.501 e. The molecule has 144 valence electrons. The Balaban J connectivity index is 2.31. The minimum absolute atomic E-state index is 0.0393. The SMILES string of the molecule is CC(=O)NC1CCN(c2ccc(S(=O)(=O)C(F)(F)F)cc2[N+](=O)[O-])CC1. The molecule has 0 unspecified atom stereocenters. The maximum atomic E-state index is 12.7. The van der Waals surface area contributed by atoms with Crippen LogP contribution in [0.2, 0.25) is 0 Å². The summed E-state index contributed by atoms with van der Waals surface area (Å²) in [5.74, 6) is -0.198. The predicted molar refractivity (Wildman–Crippen MR) is 85.4 cm³/mol. The van der Waals surface area contributed by atoms with E-state index in [0.717, 1.165) is 6.07 Å². The van der Waals surface area contributed by atoms with Crippen molar-refractivity contribution in [3.05, 3.63) is 28.3 Å². The second-order valence-corrected chi connectivity index (χ2v) is 7.76. The highest BCUT2D eigenvalue weighted by Gasteiger charge is 2.47. The molecule has 26 heavy (non-hydrogen) atoms. The predicted octanol–water partition coefficient (Wildman–Crippen LogP) is 1.99. The van der Waals surface area contributed by atoms with Gasteiger partial charge in [-0.15, -0.1) is 0 Å². The van der Waals surface area contributed by atoms with E-state index in [4.69, 9.17) is 0 Å². The number of nitrogens with one attached hydrogen (secondary N) is 1. The second-order valence-electron chi connectivity index (χ2n) is 5.82. The number of halogens is 3. The van der Waals surface area contributed by atoms with E-state index in [-0.39, 0.29) is 17.6 Å². The standard InChI is InChI=1S/C14H16F3N3O5S/c1-9(21)18-10-4-6-19(7-5-10)12-3-2-11(8-13(12)20(22)23)26(24,25)14(15,16)17/h2-3,8,10H,4-7H2,1H3,(H,18,21). The number of carbonyl (C=O) groups excluding carboxylic acids is 1. The van der Waals surface area contributed by atoms with Crippen LogP contribution in [0.1, 0.15) is 19.8 Å². The lowest BCUT2D eigenvalue weighted by Crippen LogP contribution is -2.44. The number of benzene rings is 1. The topological polar surface area (TPSA) is 110 Å². The lowest BCUT2D eigenvalue weighted by Gasteiger charge is -2.33. The van der Waals surface area contributed by atoms with Gasteiger partial charge in [0.2, 0.25) is 5.91 Å². The summed E-state index contributed by atoms with van der Waals surface area (Å²) in [5.41, 5.74) is -6.22. The van der Waals surface area contributed by atoms with Gasteiger partial charge in [0.05, 0.1) is 9.82 Å². The van der Waals surface area contributed by atoms with Crippen LogP contribution in [0, 0.1) is 10.1 Å². The Labute approximate surface area is 147 Å². The summed E-state index contributed by atoms with van der Waals surface area (Å²) < 4.78 is 60.9. The van der Waals surface area contributed by atoms with E-state index in [1.54, 1.807) is 4.90 Å². The van der Waals surface area contributed by atoms with Gasteiger partial charge in [-0.2, -0.15) is 13.2 Å². The van der Waals surface area contributed by atoms with Gasteiger partial charge in [-0.3, -0.25) is 14.9 Å². The summed E-state index contributed by atoms with van der Waals surface area (Å²) in [6.45, 7) is 2.03. The van der Waals surface area contributed by atoms with Crippen LogP contribution in [0.15, 0.2) is 23.1 Å². The first kappa shape index (κ1) is 19.9. The summed E-state index contributed by atoms with van der Waals surface area (Å²) in [7, 11) is -5.67. The van der Waals surface area contributed by atoms with E-state index in [2.05, 4.69) is 5.32 Å². The zero-order valence-corrected chi connectivity index (χ0v) is 14.4. The molecule has 0 saturated carbocycles. The van der Waals surface area contributed by atoms with Crippen LogP contribution in [-0.2, 0) is 14.6 Å². The van der Waals surface area contributed by atoms with Gasteiger partial charge in [-0.25, -0.2) is 8.42 Å². The first-order valence-electron chi connectivity index (χ1n) is 7.55. The quantitative estimate of drug-likeness (QED) is 0.617. The maximum absolute atomic E-state index is 12.7. The molecule has 1 amide bonds. The summed E-state index contributed by atoms with van der Waals surface area (Å²) in [4.78, 5) is 21.8. The van der Waals surface area contributed by atoms with E-state index >= 15 is 0 Å². The first-order valence-corrected chi connectivity index (χ1v) is 9.03. The van der Waals surface area contributed by atoms with Crippen molar-refractivity contribution in [3.63, 3.8) is 0 Å². The third-order valence-electron chi connectivity index (χ3n) is 4.00. The Morgan fingerprint density at radius 3 is 2.35 bits per heavy atom. The summed E-state index contributed by atoms with van der Waals surface area (Å²) in [5, 5.41) is 14.0. The minimum atomic E-state index is -5.67. The van der Waals surface area contributed by atoms with E-state index in [0.29, 0.717) is 38.1 Å². The number of sulfone groups is 1. The highest BCUT2D eigenvalue weighted by atomic mass is 32.2. The van der Waals surface area contributed by atoms with Gasteiger partial charge in [0.25, 0.3) is 15.5 Å². The Hall–Kier alpha value is -2.37. The molecule has 1 heterocycles. The number of rotatable bonds is 4. The van der Waals surface area contributed by atoms with Crippen molar-refractivity contribution in [2.45, 2.75) is 36.2 Å². The average molecular weight is 395 g/mol. The summed E-state index contributed by atoms with van der Waals surface area (Å²) in [6, 6.07) is 2.06. The monoisotopic (exact) mass is 395 g/mol. The molecular weight excluding hydrogens is 379 g/mol. The number of carbonyl (C=O) groups is 1. The summed E-state index contributed by atoms with van der Waals surface area (Å²) >= 11 is 0. The van der Waals surface area contributed by atoms with Crippen molar-refractivity contribution < 1.29 is 31.3 Å². The van der Waals surface area contributed by atoms with Gasteiger partial charge in [0.15, 0.2) is 0 Å². The first-order chi connectivity index (χ1) is 11.9. The molecule has 1 aliphatic heterocycles. The van der Waals surface area contributed by atoms with Gasteiger partial charge in [-0.05, 0) is 25.0 Å². The molecule has 0 atom stereocenters. The molecule has 12 heteroatoms. The molecule has 8 nitrogen and oxygen atoms in total. The third kappa shape index (κ3) is 4.06. The second kappa shape index (κ2) is 7.09. The normalized spacial score (nSPS) is 16.4. The van der Waals surface area contributed by atoms with Crippen LogP contribution in [0.25, 0.3) is 0 Å². The van der Waals surface area contributed by atoms with Crippen molar-refractivity contribution in [1.82, 2.24) is 5.32 Å². The highest BCUT2D eigenvalue weighted by Crippen LogP contribution is 2.36. The van der Waals surface area contributed by atoms with E-state index in [1.165, 1.54) is 6.92 Å². The van der Waals surface area contributed by atoms with E-state index in [1.807, 2.05) is 0 Å². The molecule has 1 aromatic rings. The van der Waals surface area contributed by atoms with Gasteiger partial charge < -0.3 is 10.2 Å². The van der Waals surface area contributed by atoms with E-state index in [9.17, 15) is 36.5 Å². The Bertz CT molecular complexity index is 818. The van der Waals surface area contributed by atoms with Crippen LogP contribution in [0.3, 0.4) is 0 Å². The fourth-order valence-corrected chi connectivity index (χ4v) is 3.55. The zero-order valence-electron chi connectivity index (χ0n) is 13.6. The fraction of sp³-hybridized carbons (Fsp3) is 0.500. The number of alkyl halides is 3. The number of hydrogen-bond acceptors (Lipinski definition) is 6. The van der Waals surface area contributed by atoms with Crippen molar-refractivity contribution in [2.75, 3.05) is 18.0 Å². The average Bonchev–Trinajstić information content (AvgIpc) is 2.53.